The smallest absolute Gasteiger partial charge is 0.250 e. The van der Waals surface area contributed by atoms with Crippen molar-refractivity contribution in [3.05, 3.63) is 120 Å². The van der Waals surface area contributed by atoms with Gasteiger partial charge in [0.1, 0.15) is 0 Å². The van der Waals surface area contributed by atoms with E-state index in [1.807, 2.05) is 78.9 Å². The summed E-state index contributed by atoms with van der Waals surface area (Å²) >= 11 is 1.41. The second-order valence-electron chi connectivity index (χ2n) is 8.02. The van der Waals surface area contributed by atoms with Crippen molar-refractivity contribution in [3.63, 3.8) is 0 Å². The molecule has 1 N–H and O–H groups in total. The molecule has 0 atom stereocenters. The van der Waals surface area contributed by atoms with Crippen molar-refractivity contribution in [1.29, 1.82) is 0 Å². The van der Waals surface area contributed by atoms with E-state index in [1.165, 1.54) is 22.9 Å². The zero-order valence-electron chi connectivity index (χ0n) is 19.0. The van der Waals surface area contributed by atoms with Crippen molar-refractivity contribution in [2.24, 2.45) is 5.10 Å². The number of rotatable bonds is 8. The normalized spacial score (nSPS) is 11.2. The molecule has 1 aromatic heterocycles. The minimum absolute atomic E-state index is 0.175. The van der Waals surface area contributed by atoms with Crippen LogP contribution in [0.25, 0.3) is 22.2 Å². The lowest BCUT2D eigenvalue weighted by molar-refractivity contribution is -0.118. The Balaban J connectivity index is 1.21. The minimum Gasteiger partial charge on any atom is -0.314 e. The molecule has 6 heteroatoms. The standard InChI is InChI=1S/C29H24N4OS/c34-28(32-30-19-22-15-17-25(18-16-22)24-11-5-2-6-12-24)21-35-29-31-26-13-7-8-14-27(26)33(29)20-23-9-3-1-4-10-23/h1-19H,20-21H2,(H,32,34). The van der Waals surface area contributed by atoms with Crippen LogP contribution in [0.4, 0.5) is 0 Å². The van der Waals surface area contributed by atoms with Crippen LogP contribution in [0, 0.1) is 0 Å². The summed E-state index contributed by atoms with van der Waals surface area (Å²) < 4.78 is 2.15. The number of nitrogens with one attached hydrogen (secondary N) is 1. The molecule has 5 rings (SSSR count). The van der Waals surface area contributed by atoms with E-state index in [1.54, 1.807) is 6.21 Å². The number of fused-ring (bicyclic) bond motifs is 1. The number of thioether (sulfide) groups is 1. The van der Waals surface area contributed by atoms with Crippen LogP contribution in [-0.4, -0.2) is 27.4 Å². The van der Waals surface area contributed by atoms with Crippen LogP contribution in [-0.2, 0) is 11.3 Å². The van der Waals surface area contributed by atoms with Crippen molar-refractivity contribution in [1.82, 2.24) is 15.0 Å². The minimum atomic E-state index is -0.175. The fraction of sp³-hybridized carbons (Fsp3) is 0.0690. The van der Waals surface area contributed by atoms with Gasteiger partial charge in [0, 0.05) is 0 Å². The predicted molar refractivity (Wildman–Crippen MR) is 144 cm³/mol. The Kier molecular flexibility index (Phi) is 7.01. The van der Waals surface area contributed by atoms with Crippen LogP contribution in [0.1, 0.15) is 11.1 Å². The number of hydrazone groups is 1. The first-order valence-corrected chi connectivity index (χ1v) is 12.3. The first kappa shape index (κ1) is 22.6. The van der Waals surface area contributed by atoms with Gasteiger partial charge in [-0.15, -0.1) is 0 Å². The van der Waals surface area contributed by atoms with E-state index in [-0.39, 0.29) is 11.7 Å². The molecule has 0 unspecified atom stereocenters. The summed E-state index contributed by atoms with van der Waals surface area (Å²) in [5.41, 5.74) is 9.01. The second-order valence-corrected chi connectivity index (χ2v) is 8.97. The van der Waals surface area contributed by atoms with Crippen LogP contribution in [0.5, 0.6) is 0 Å². The number of amides is 1. The summed E-state index contributed by atoms with van der Waals surface area (Å²) in [6.07, 6.45) is 1.65. The maximum absolute atomic E-state index is 12.4. The van der Waals surface area contributed by atoms with Crippen LogP contribution < -0.4 is 5.43 Å². The molecule has 0 aliphatic rings. The van der Waals surface area contributed by atoms with Gasteiger partial charge in [0.2, 0.25) is 0 Å². The summed E-state index contributed by atoms with van der Waals surface area (Å²) in [6.45, 7) is 0.697. The summed E-state index contributed by atoms with van der Waals surface area (Å²) in [4.78, 5) is 17.2. The van der Waals surface area contributed by atoms with Crippen LogP contribution in [0.15, 0.2) is 119 Å². The lowest BCUT2D eigenvalue weighted by Gasteiger charge is -2.09. The zero-order valence-corrected chi connectivity index (χ0v) is 19.9. The molecule has 0 saturated carbocycles. The highest BCUT2D eigenvalue weighted by Gasteiger charge is 2.13. The van der Waals surface area contributed by atoms with Crippen molar-refractivity contribution < 1.29 is 4.79 Å². The summed E-state index contributed by atoms with van der Waals surface area (Å²) in [6, 6.07) is 36.6. The molecule has 5 aromatic rings. The molecular weight excluding hydrogens is 452 g/mol. The van der Waals surface area contributed by atoms with Gasteiger partial charge in [-0.2, -0.15) is 5.10 Å². The third-order valence-electron chi connectivity index (χ3n) is 5.56. The number of aromatic nitrogens is 2. The number of benzene rings is 4. The maximum Gasteiger partial charge on any atom is 0.250 e. The molecule has 0 saturated heterocycles. The van der Waals surface area contributed by atoms with Gasteiger partial charge in [0.05, 0.1) is 29.5 Å². The first-order valence-electron chi connectivity index (χ1n) is 11.4. The largest absolute Gasteiger partial charge is 0.314 e. The van der Waals surface area contributed by atoms with Crippen LogP contribution >= 0.6 is 11.8 Å². The Morgan fingerprint density at radius 1 is 0.829 bits per heavy atom. The number of hydrogen-bond donors (Lipinski definition) is 1. The summed E-state index contributed by atoms with van der Waals surface area (Å²) in [5.74, 6) is 0.0491. The zero-order chi connectivity index (χ0) is 23.9. The molecule has 172 valence electrons. The average molecular weight is 477 g/mol. The number of hydrogen-bond acceptors (Lipinski definition) is 4. The number of para-hydroxylation sites is 2. The third kappa shape index (κ3) is 5.67. The summed E-state index contributed by atoms with van der Waals surface area (Å²) in [5, 5.41) is 4.93. The third-order valence-corrected chi connectivity index (χ3v) is 6.53. The summed E-state index contributed by atoms with van der Waals surface area (Å²) in [7, 11) is 0. The van der Waals surface area contributed by atoms with E-state index in [0.717, 1.165) is 27.3 Å². The number of carbonyl (C=O) groups is 1. The Hall–Kier alpha value is -4.16. The lowest BCUT2D eigenvalue weighted by atomic mass is 10.0. The van der Waals surface area contributed by atoms with Gasteiger partial charge in [-0.1, -0.05) is 109 Å². The van der Waals surface area contributed by atoms with Gasteiger partial charge in [-0.05, 0) is 34.4 Å². The molecule has 0 radical (unpaired) electrons. The SMILES string of the molecule is O=C(CSc1nc2ccccc2n1Cc1ccccc1)NN=Cc1ccc(-c2ccccc2)cc1. The molecule has 0 fully saturated rings. The Morgan fingerprint density at radius 3 is 2.26 bits per heavy atom. The molecule has 5 nitrogen and oxygen atoms in total. The quantitative estimate of drug-likeness (QED) is 0.170. The number of carbonyl (C=O) groups excluding carboxylic acids is 1. The van der Waals surface area contributed by atoms with Gasteiger partial charge in [0.15, 0.2) is 5.16 Å². The van der Waals surface area contributed by atoms with Crippen molar-refractivity contribution in [2.75, 3.05) is 5.75 Å². The highest BCUT2D eigenvalue weighted by molar-refractivity contribution is 7.99. The van der Waals surface area contributed by atoms with Gasteiger partial charge in [-0.3, -0.25) is 4.79 Å². The van der Waals surface area contributed by atoms with Crippen molar-refractivity contribution >= 4 is 34.9 Å². The lowest BCUT2D eigenvalue weighted by Crippen LogP contribution is -2.20. The topological polar surface area (TPSA) is 59.3 Å². The molecule has 0 aliphatic heterocycles. The van der Waals surface area contributed by atoms with Gasteiger partial charge in [-0.25, -0.2) is 10.4 Å². The van der Waals surface area contributed by atoms with E-state index in [4.69, 9.17) is 4.98 Å². The highest BCUT2D eigenvalue weighted by atomic mass is 32.2. The average Bonchev–Trinajstić information content (AvgIpc) is 3.26. The molecule has 0 aliphatic carbocycles. The highest BCUT2D eigenvalue weighted by Crippen LogP contribution is 2.25. The van der Waals surface area contributed by atoms with Crippen LogP contribution in [0.2, 0.25) is 0 Å². The monoisotopic (exact) mass is 476 g/mol. The molecular formula is C29H24N4OS. The van der Waals surface area contributed by atoms with Gasteiger partial charge in [0.25, 0.3) is 5.91 Å². The maximum atomic E-state index is 12.4. The Labute approximate surface area is 208 Å². The molecule has 4 aromatic carbocycles. The van der Waals surface area contributed by atoms with Crippen molar-refractivity contribution in [2.45, 2.75) is 11.7 Å². The Morgan fingerprint density at radius 2 is 1.49 bits per heavy atom. The van der Waals surface area contributed by atoms with E-state index in [2.05, 4.69) is 45.4 Å². The molecule has 1 heterocycles. The number of imidazole rings is 1. The van der Waals surface area contributed by atoms with Gasteiger partial charge >= 0.3 is 0 Å². The fourth-order valence-electron chi connectivity index (χ4n) is 3.82. The van der Waals surface area contributed by atoms with E-state index >= 15 is 0 Å². The second kappa shape index (κ2) is 10.8. The molecule has 0 spiro atoms. The first-order chi connectivity index (χ1) is 17.3. The van der Waals surface area contributed by atoms with Crippen LogP contribution in [0.3, 0.4) is 0 Å². The molecule has 35 heavy (non-hydrogen) atoms. The van der Waals surface area contributed by atoms with E-state index in [0.29, 0.717) is 6.54 Å². The fourth-order valence-corrected chi connectivity index (χ4v) is 4.62. The number of nitrogens with zero attached hydrogens (tertiary/aromatic N) is 3. The van der Waals surface area contributed by atoms with E-state index < -0.39 is 0 Å². The Bertz CT molecular complexity index is 1450. The predicted octanol–water partition coefficient (Wildman–Crippen LogP) is 5.99. The van der Waals surface area contributed by atoms with E-state index in [9.17, 15) is 4.79 Å². The molecule has 1 amide bonds. The molecule has 0 bridgehead atoms. The van der Waals surface area contributed by atoms with Crippen molar-refractivity contribution in [3.8, 4) is 11.1 Å². The van der Waals surface area contributed by atoms with Gasteiger partial charge < -0.3 is 4.57 Å².